The molecule has 1 heterocycles. The fourth-order valence-corrected chi connectivity index (χ4v) is 2.74. The number of rotatable bonds is 3. The van der Waals surface area contributed by atoms with Crippen molar-refractivity contribution in [2.75, 3.05) is 26.2 Å². The van der Waals surface area contributed by atoms with Crippen molar-refractivity contribution in [3.63, 3.8) is 0 Å². The zero-order chi connectivity index (χ0) is 13.1. The van der Waals surface area contributed by atoms with E-state index in [0.717, 1.165) is 26.2 Å². The molecule has 3 rings (SSSR count). The van der Waals surface area contributed by atoms with Crippen molar-refractivity contribution in [2.24, 2.45) is 5.73 Å². The third-order valence-electron chi connectivity index (χ3n) is 3.76. The molecule has 1 aliphatic rings. The molecule has 1 fully saturated rings. The third-order valence-corrected chi connectivity index (χ3v) is 3.76. The van der Waals surface area contributed by atoms with Crippen LogP contribution in [0, 0.1) is 0 Å². The monoisotopic (exact) mass is 292 g/mol. The minimum atomic E-state index is 0. The van der Waals surface area contributed by atoms with E-state index in [-0.39, 0.29) is 18.5 Å². The molecule has 20 heavy (non-hydrogen) atoms. The molecule has 108 valence electrons. The molecule has 2 aromatic rings. The Kier molecular flexibility index (Phi) is 5.38. The third kappa shape index (κ3) is 3.30. The van der Waals surface area contributed by atoms with Gasteiger partial charge in [-0.2, -0.15) is 0 Å². The van der Waals surface area contributed by atoms with Crippen molar-refractivity contribution in [3.8, 4) is 0 Å². The summed E-state index contributed by atoms with van der Waals surface area (Å²) in [4.78, 5) is 2.43. The van der Waals surface area contributed by atoms with E-state index < -0.39 is 0 Å². The largest absolute Gasteiger partial charge is 0.374 e. The maximum Gasteiger partial charge on any atom is 0.0824 e. The van der Waals surface area contributed by atoms with Crippen LogP contribution in [-0.4, -0.2) is 37.2 Å². The molecule has 0 aromatic heterocycles. The Hall–Kier alpha value is -1.13. The number of nitrogens with two attached hydrogens (primary N) is 1. The Balaban J connectivity index is 0.00000147. The molecular weight excluding hydrogens is 272 g/mol. The van der Waals surface area contributed by atoms with Crippen LogP contribution >= 0.6 is 12.4 Å². The topological polar surface area (TPSA) is 38.5 Å². The average molecular weight is 293 g/mol. The first-order chi connectivity index (χ1) is 9.36. The molecule has 2 aromatic carbocycles. The van der Waals surface area contributed by atoms with Crippen LogP contribution in [-0.2, 0) is 11.3 Å². The maximum absolute atomic E-state index is 5.70. The van der Waals surface area contributed by atoms with Crippen LogP contribution in [0.3, 0.4) is 0 Å². The fraction of sp³-hybridized carbons (Fsp3) is 0.375. The van der Waals surface area contributed by atoms with Crippen LogP contribution in [0.2, 0.25) is 0 Å². The minimum Gasteiger partial charge on any atom is -0.374 e. The van der Waals surface area contributed by atoms with Gasteiger partial charge in [-0.1, -0.05) is 42.5 Å². The van der Waals surface area contributed by atoms with Gasteiger partial charge in [0, 0.05) is 26.2 Å². The number of ether oxygens (including phenoxy) is 1. The number of hydrogen-bond acceptors (Lipinski definition) is 3. The van der Waals surface area contributed by atoms with Gasteiger partial charge in [0.25, 0.3) is 0 Å². The van der Waals surface area contributed by atoms with E-state index in [4.69, 9.17) is 10.5 Å². The smallest absolute Gasteiger partial charge is 0.0824 e. The quantitative estimate of drug-likeness (QED) is 0.944. The summed E-state index contributed by atoms with van der Waals surface area (Å²) < 4.78 is 5.62. The molecule has 3 nitrogen and oxygen atoms in total. The van der Waals surface area contributed by atoms with Crippen molar-refractivity contribution in [2.45, 2.75) is 12.6 Å². The van der Waals surface area contributed by atoms with Crippen LogP contribution in [0.1, 0.15) is 5.56 Å². The zero-order valence-electron chi connectivity index (χ0n) is 11.5. The van der Waals surface area contributed by atoms with E-state index in [2.05, 4.69) is 47.4 Å². The van der Waals surface area contributed by atoms with E-state index in [9.17, 15) is 0 Å². The molecular formula is C16H21ClN2O. The van der Waals surface area contributed by atoms with Gasteiger partial charge in [-0.05, 0) is 16.3 Å². The fourth-order valence-electron chi connectivity index (χ4n) is 2.74. The molecule has 0 radical (unpaired) electrons. The van der Waals surface area contributed by atoms with E-state index in [0.29, 0.717) is 6.54 Å². The second-order valence-electron chi connectivity index (χ2n) is 5.10. The van der Waals surface area contributed by atoms with Gasteiger partial charge in [-0.3, -0.25) is 4.90 Å². The second-order valence-corrected chi connectivity index (χ2v) is 5.10. The number of hydrogen-bond donors (Lipinski definition) is 1. The molecule has 0 saturated carbocycles. The van der Waals surface area contributed by atoms with E-state index >= 15 is 0 Å². The Morgan fingerprint density at radius 2 is 1.95 bits per heavy atom. The number of halogens is 1. The zero-order valence-corrected chi connectivity index (χ0v) is 12.3. The summed E-state index contributed by atoms with van der Waals surface area (Å²) in [5.74, 6) is 0. The summed E-state index contributed by atoms with van der Waals surface area (Å²) in [6.07, 6.45) is 0.184. The van der Waals surface area contributed by atoms with Crippen molar-refractivity contribution in [1.82, 2.24) is 4.90 Å². The van der Waals surface area contributed by atoms with E-state index in [1.807, 2.05) is 0 Å². The van der Waals surface area contributed by atoms with Gasteiger partial charge < -0.3 is 10.5 Å². The molecule has 0 bridgehead atoms. The van der Waals surface area contributed by atoms with Crippen LogP contribution < -0.4 is 5.73 Å². The lowest BCUT2D eigenvalue weighted by Crippen LogP contribution is -2.45. The van der Waals surface area contributed by atoms with Crippen LogP contribution in [0.4, 0.5) is 0 Å². The molecule has 4 heteroatoms. The van der Waals surface area contributed by atoms with Gasteiger partial charge in [-0.25, -0.2) is 0 Å². The molecule has 2 N–H and O–H groups in total. The summed E-state index contributed by atoms with van der Waals surface area (Å²) in [5.41, 5.74) is 7.08. The Bertz CT molecular complexity index is 556. The molecule has 1 aliphatic heterocycles. The van der Waals surface area contributed by atoms with Gasteiger partial charge in [0.05, 0.1) is 12.7 Å². The molecule has 1 unspecified atom stereocenters. The average Bonchev–Trinajstić information content (AvgIpc) is 2.48. The highest BCUT2D eigenvalue weighted by atomic mass is 35.5. The second kappa shape index (κ2) is 7.04. The number of benzene rings is 2. The first-order valence-corrected chi connectivity index (χ1v) is 6.87. The highest BCUT2D eigenvalue weighted by molar-refractivity contribution is 5.85. The summed E-state index contributed by atoms with van der Waals surface area (Å²) in [6, 6.07) is 15.1. The first-order valence-electron chi connectivity index (χ1n) is 6.87. The highest BCUT2D eigenvalue weighted by Crippen LogP contribution is 2.20. The molecule has 0 amide bonds. The number of morpholine rings is 1. The number of fused-ring (bicyclic) bond motifs is 1. The van der Waals surface area contributed by atoms with Crippen LogP contribution in [0.15, 0.2) is 42.5 Å². The van der Waals surface area contributed by atoms with E-state index in [1.54, 1.807) is 0 Å². The first kappa shape index (κ1) is 15.3. The van der Waals surface area contributed by atoms with E-state index in [1.165, 1.54) is 16.3 Å². The standard InChI is InChI=1S/C16H20N2O.ClH/c17-10-15-12-18(8-9-19-15)11-14-6-3-5-13-4-1-2-7-16(13)14;/h1-7,15H,8-12,17H2;1H. The van der Waals surface area contributed by atoms with Gasteiger partial charge >= 0.3 is 0 Å². The maximum atomic E-state index is 5.70. The van der Waals surface area contributed by atoms with Crippen molar-refractivity contribution < 1.29 is 4.74 Å². The van der Waals surface area contributed by atoms with Crippen molar-refractivity contribution in [3.05, 3.63) is 48.0 Å². The lowest BCUT2D eigenvalue weighted by atomic mass is 10.0. The number of nitrogens with zero attached hydrogens (tertiary/aromatic N) is 1. The summed E-state index contributed by atoms with van der Waals surface area (Å²) >= 11 is 0. The minimum absolute atomic E-state index is 0. The molecule has 1 saturated heterocycles. The SMILES string of the molecule is Cl.NCC1CN(Cc2cccc3ccccc23)CCO1. The summed E-state index contributed by atoms with van der Waals surface area (Å²) in [5, 5.41) is 2.66. The Morgan fingerprint density at radius 3 is 2.80 bits per heavy atom. The summed E-state index contributed by atoms with van der Waals surface area (Å²) in [7, 11) is 0. The Labute approximate surface area is 126 Å². The van der Waals surface area contributed by atoms with Gasteiger partial charge in [0.1, 0.15) is 0 Å². The lowest BCUT2D eigenvalue weighted by molar-refractivity contribution is -0.0259. The highest BCUT2D eigenvalue weighted by Gasteiger charge is 2.19. The molecule has 1 atom stereocenters. The Morgan fingerprint density at radius 1 is 1.15 bits per heavy atom. The van der Waals surface area contributed by atoms with Crippen LogP contribution in [0.25, 0.3) is 10.8 Å². The molecule has 0 spiro atoms. The summed E-state index contributed by atoms with van der Waals surface area (Å²) in [6.45, 7) is 4.28. The van der Waals surface area contributed by atoms with Gasteiger partial charge in [0.15, 0.2) is 0 Å². The predicted molar refractivity (Wildman–Crippen MR) is 85.3 cm³/mol. The van der Waals surface area contributed by atoms with Crippen molar-refractivity contribution in [1.29, 1.82) is 0 Å². The molecule has 0 aliphatic carbocycles. The van der Waals surface area contributed by atoms with Gasteiger partial charge in [-0.15, -0.1) is 12.4 Å². The van der Waals surface area contributed by atoms with Crippen molar-refractivity contribution >= 4 is 23.2 Å². The van der Waals surface area contributed by atoms with Gasteiger partial charge in [0.2, 0.25) is 0 Å². The predicted octanol–water partition coefficient (Wildman–Crippen LogP) is 2.42. The lowest BCUT2D eigenvalue weighted by Gasteiger charge is -2.32. The van der Waals surface area contributed by atoms with Crippen LogP contribution in [0.5, 0.6) is 0 Å². The normalized spacial score (nSPS) is 19.8.